The maximum atomic E-state index is 12.8. The molecule has 1 aromatic carbocycles. The lowest BCUT2D eigenvalue weighted by molar-refractivity contribution is -0.123. The molecule has 1 fully saturated rings. The number of anilines is 1. The van der Waals surface area contributed by atoms with Crippen LogP contribution in [0, 0.1) is 11.3 Å². The Morgan fingerprint density at radius 3 is 2.89 bits per heavy atom. The number of rotatable bonds is 4. The Balaban J connectivity index is 1.58. The van der Waals surface area contributed by atoms with E-state index in [1.807, 2.05) is 30.1 Å². The number of piperidine rings is 1. The number of benzene rings is 1. The van der Waals surface area contributed by atoms with Crippen LogP contribution in [0.4, 0.5) is 5.69 Å². The van der Waals surface area contributed by atoms with E-state index < -0.39 is 0 Å². The smallest absolute Gasteiger partial charge is 0.252 e. The third-order valence-corrected chi connectivity index (χ3v) is 6.99. The van der Waals surface area contributed by atoms with Crippen molar-refractivity contribution in [3.8, 4) is 0 Å². The third-order valence-electron chi connectivity index (χ3n) is 5.48. The number of carbonyl (C=O) groups excluding carboxylic acids is 1. The van der Waals surface area contributed by atoms with Crippen LogP contribution in [0.25, 0.3) is 5.31 Å². The highest BCUT2D eigenvalue weighted by atomic mass is 31.1. The molecule has 3 heterocycles. The Morgan fingerprint density at radius 1 is 1.33 bits per heavy atom. The molecule has 0 spiro atoms. The van der Waals surface area contributed by atoms with Crippen LogP contribution in [0.2, 0.25) is 0 Å². The SMILES string of the molecule is CNc1ccc(C2=CC(=O)N3C=C(C4CCNCC4)C=CC3P2)cc1C=N. The number of allylic oxidation sites excluding steroid dienone is 2. The van der Waals surface area contributed by atoms with E-state index in [0.717, 1.165) is 48.1 Å². The highest BCUT2D eigenvalue weighted by Gasteiger charge is 2.30. The predicted molar refractivity (Wildman–Crippen MR) is 114 cm³/mol. The lowest BCUT2D eigenvalue weighted by Gasteiger charge is -2.36. The van der Waals surface area contributed by atoms with Gasteiger partial charge in [-0.1, -0.05) is 26.8 Å². The molecule has 2 atom stereocenters. The van der Waals surface area contributed by atoms with Crippen molar-refractivity contribution in [3.63, 3.8) is 0 Å². The zero-order chi connectivity index (χ0) is 18.8. The van der Waals surface area contributed by atoms with E-state index in [1.54, 1.807) is 6.08 Å². The molecular formula is C21H25N4OP. The van der Waals surface area contributed by atoms with Crippen LogP contribution in [0.1, 0.15) is 24.0 Å². The van der Waals surface area contributed by atoms with Crippen molar-refractivity contribution in [1.29, 1.82) is 5.41 Å². The summed E-state index contributed by atoms with van der Waals surface area (Å²) in [5.41, 5.74) is 4.07. The second-order valence-corrected chi connectivity index (χ2v) is 8.52. The Morgan fingerprint density at radius 2 is 2.15 bits per heavy atom. The van der Waals surface area contributed by atoms with Crippen LogP contribution in [0.5, 0.6) is 0 Å². The normalized spacial score (nSPS) is 23.7. The number of carbonyl (C=O) groups is 1. The number of amides is 1. The van der Waals surface area contributed by atoms with Gasteiger partial charge >= 0.3 is 0 Å². The fraction of sp³-hybridized carbons (Fsp3) is 0.333. The van der Waals surface area contributed by atoms with E-state index in [9.17, 15) is 4.79 Å². The topological polar surface area (TPSA) is 68.2 Å². The van der Waals surface area contributed by atoms with Gasteiger partial charge in [-0.2, -0.15) is 0 Å². The Kier molecular flexibility index (Phi) is 5.24. The maximum absolute atomic E-state index is 12.8. The number of hydrogen-bond acceptors (Lipinski definition) is 4. The molecule has 27 heavy (non-hydrogen) atoms. The van der Waals surface area contributed by atoms with Gasteiger partial charge in [0.05, 0.1) is 5.78 Å². The summed E-state index contributed by atoms with van der Waals surface area (Å²) < 4.78 is 0. The molecule has 5 nitrogen and oxygen atoms in total. The van der Waals surface area contributed by atoms with Gasteiger partial charge in [0.25, 0.3) is 5.91 Å². The molecule has 1 saturated heterocycles. The highest BCUT2D eigenvalue weighted by Crippen LogP contribution is 2.45. The molecule has 0 aromatic heterocycles. The molecule has 3 aliphatic rings. The van der Waals surface area contributed by atoms with Crippen LogP contribution in [-0.4, -0.2) is 42.9 Å². The standard InChI is InChI=1S/C21H25N4OP/c1-23-18-4-2-15(10-17(18)12-22)19-11-20(26)25-13-16(3-5-21(25)27-19)14-6-8-24-9-7-14/h2-5,10-14,21-24,27H,6-9H2,1H3. The first kappa shape index (κ1) is 18.1. The minimum atomic E-state index is 0.0543. The van der Waals surface area contributed by atoms with E-state index in [2.05, 4.69) is 29.0 Å². The number of nitrogens with zero attached hydrogens (tertiary/aromatic N) is 1. The molecular weight excluding hydrogens is 355 g/mol. The molecule has 1 amide bonds. The summed E-state index contributed by atoms with van der Waals surface area (Å²) in [7, 11) is 2.36. The molecule has 1 aromatic rings. The summed E-state index contributed by atoms with van der Waals surface area (Å²) in [4.78, 5) is 14.7. The minimum Gasteiger partial charge on any atom is -0.388 e. The first-order valence-electron chi connectivity index (χ1n) is 9.43. The van der Waals surface area contributed by atoms with Gasteiger partial charge in [-0.25, -0.2) is 0 Å². The van der Waals surface area contributed by atoms with Gasteiger partial charge in [-0.15, -0.1) is 0 Å². The zero-order valence-electron chi connectivity index (χ0n) is 15.5. The zero-order valence-corrected chi connectivity index (χ0v) is 16.5. The van der Waals surface area contributed by atoms with Gasteiger partial charge in [-0.05, 0) is 60.4 Å². The van der Waals surface area contributed by atoms with Crippen LogP contribution < -0.4 is 10.6 Å². The van der Waals surface area contributed by atoms with E-state index in [0.29, 0.717) is 14.5 Å². The molecule has 0 aliphatic carbocycles. The summed E-state index contributed by atoms with van der Waals surface area (Å²) >= 11 is 0. The van der Waals surface area contributed by atoms with E-state index >= 15 is 0 Å². The third kappa shape index (κ3) is 3.62. The molecule has 3 aliphatic heterocycles. The van der Waals surface area contributed by atoms with Crippen molar-refractivity contribution < 1.29 is 4.79 Å². The molecule has 3 N–H and O–H groups in total. The van der Waals surface area contributed by atoms with Gasteiger partial charge in [0.2, 0.25) is 0 Å². The monoisotopic (exact) mass is 380 g/mol. The van der Waals surface area contributed by atoms with Gasteiger partial charge in [0.1, 0.15) is 0 Å². The average Bonchev–Trinajstić information content (AvgIpc) is 2.73. The fourth-order valence-corrected chi connectivity index (χ4v) is 5.32. The molecule has 0 radical (unpaired) electrons. The molecule has 2 unspecified atom stereocenters. The van der Waals surface area contributed by atoms with Crippen molar-refractivity contribution >= 4 is 31.7 Å². The van der Waals surface area contributed by atoms with Gasteiger partial charge in [0, 0.05) is 36.8 Å². The van der Waals surface area contributed by atoms with Crippen molar-refractivity contribution in [2.24, 2.45) is 5.92 Å². The molecule has 0 bridgehead atoms. The number of fused-ring (bicyclic) bond motifs is 1. The lowest BCUT2D eigenvalue weighted by Crippen LogP contribution is -2.37. The molecule has 0 saturated carbocycles. The van der Waals surface area contributed by atoms with Crippen molar-refractivity contribution in [1.82, 2.24) is 10.2 Å². The second kappa shape index (κ2) is 7.79. The van der Waals surface area contributed by atoms with Crippen LogP contribution in [0.15, 0.2) is 48.2 Å². The Labute approximate surface area is 161 Å². The van der Waals surface area contributed by atoms with Gasteiger partial charge in [-0.3, -0.25) is 4.79 Å². The summed E-state index contributed by atoms with van der Waals surface area (Å²) in [6.45, 7) is 2.11. The maximum Gasteiger partial charge on any atom is 0.252 e. The van der Waals surface area contributed by atoms with Gasteiger partial charge < -0.3 is 20.9 Å². The minimum absolute atomic E-state index is 0.0543. The highest BCUT2D eigenvalue weighted by molar-refractivity contribution is 7.51. The summed E-state index contributed by atoms with van der Waals surface area (Å²) in [6, 6.07) is 6.00. The number of hydrogen-bond donors (Lipinski definition) is 3. The number of nitrogens with one attached hydrogen (secondary N) is 3. The summed E-state index contributed by atoms with van der Waals surface area (Å²) in [5, 5.41) is 15.2. The Hall–Kier alpha value is -2.23. The van der Waals surface area contributed by atoms with Crippen molar-refractivity contribution in [2.75, 3.05) is 25.5 Å². The second-order valence-electron chi connectivity index (χ2n) is 7.10. The van der Waals surface area contributed by atoms with E-state index in [1.165, 1.54) is 11.8 Å². The fourth-order valence-electron chi connectivity index (χ4n) is 3.94. The van der Waals surface area contributed by atoms with Crippen LogP contribution in [-0.2, 0) is 4.79 Å². The van der Waals surface area contributed by atoms with Crippen LogP contribution in [0.3, 0.4) is 0 Å². The molecule has 6 heteroatoms. The Bertz CT molecular complexity index is 852. The summed E-state index contributed by atoms with van der Waals surface area (Å²) in [6.07, 6.45) is 11.9. The molecule has 4 rings (SSSR count). The largest absolute Gasteiger partial charge is 0.388 e. The van der Waals surface area contributed by atoms with E-state index in [4.69, 9.17) is 5.41 Å². The first-order chi connectivity index (χ1) is 13.2. The van der Waals surface area contributed by atoms with Gasteiger partial charge in [0.15, 0.2) is 0 Å². The van der Waals surface area contributed by atoms with Crippen molar-refractivity contribution in [2.45, 2.75) is 18.6 Å². The average molecular weight is 380 g/mol. The van der Waals surface area contributed by atoms with E-state index in [-0.39, 0.29) is 11.7 Å². The molecule has 140 valence electrons. The quantitative estimate of drug-likeness (QED) is 0.554. The predicted octanol–water partition coefficient (Wildman–Crippen LogP) is 3.37. The van der Waals surface area contributed by atoms with Crippen molar-refractivity contribution in [3.05, 3.63) is 59.3 Å². The summed E-state index contributed by atoms with van der Waals surface area (Å²) in [5.74, 6) is 0.711. The first-order valence-corrected chi connectivity index (χ1v) is 10.5. The van der Waals surface area contributed by atoms with Crippen LogP contribution >= 0.6 is 8.58 Å². The lowest BCUT2D eigenvalue weighted by atomic mass is 9.89.